The zero-order valence-corrected chi connectivity index (χ0v) is 12.1. The maximum absolute atomic E-state index is 6.02. The summed E-state index contributed by atoms with van der Waals surface area (Å²) in [6, 6.07) is 11.7. The highest BCUT2D eigenvalue weighted by molar-refractivity contribution is 6.16. The van der Waals surface area contributed by atoms with Crippen LogP contribution >= 0.6 is 11.6 Å². The molecule has 0 aliphatic heterocycles. The van der Waals surface area contributed by atoms with E-state index in [-0.39, 0.29) is 0 Å². The molecule has 0 spiro atoms. The number of pyridine rings is 1. The number of imidazole rings is 1. The Labute approximate surface area is 122 Å². The molecule has 0 amide bonds. The van der Waals surface area contributed by atoms with Crippen molar-refractivity contribution in [3.05, 3.63) is 47.9 Å². The first kappa shape index (κ1) is 12.9. The average molecular weight is 288 g/mol. The third-order valence-corrected chi connectivity index (χ3v) is 3.38. The van der Waals surface area contributed by atoms with Crippen LogP contribution in [0.2, 0.25) is 0 Å². The average Bonchev–Trinajstić information content (AvgIpc) is 2.85. The van der Waals surface area contributed by atoms with Crippen LogP contribution in [0.3, 0.4) is 0 Å². The zero-order valence-electron chi connectivity index (χ0n) is 11.3. The molecule has 0 bridgehead atoms. The third-order valence-electron chi connectivity index (χ3n) is 3.14. The van der Waals surface area contributed by atoms with Gasteiger partial charge >= 0.3 is 0 Å². The summed E-state index contributed by atoms with van der Waals surface area (Å²) in [7, 11) is 1.65. The van der Waals surface area contributed by atoms with E-state index in [1.165, 1.54) is 0 Å². The lowest BCUT2D eigenvalue weighted by atomic mass is 10.3. The van der Waals surface area contributed by atoms with Gasteiger partial charge in [0.1, 0.15) is 17.1 Å². The smallest absolute Gasteiger partial charge is 0.164 e. The molecule has 2 heterocycles. The molecule has 5 heteroatoms. The van der Waals surface area contributed by atoms with Crippen LogP contribution in [0.15, 0.2) is 36.4 Å². The number of methoxy groups -OCH3 is 1. The fraction of sp³-hybridized carbons (Fsp3) is 0.200. The summed E-state index contributed by atoms with van der Waals surface area (Å²) < 4.78 is 7.25. The van der Waals surface area contributed by atoms with Crippen molar-refractivity contribution in [2.75, 3.05) is 7.11 Å². The Hall–Kier alpha value is -2.07. The summed E-state index contributed by atoms with van der Waals surface area (Å²) in [5.41, 5.74) is 3.55. The van der Waals surface area contributed by atoms with E-state index in [4.69, 9.17) is 16.3 Å². The zero-order chi connectivity index (χ0) is 14.1. The molecule has 102 valence electrons. The normalized spacial score (nSPS) is 10.9. The predicted octanol–water partition coefficient (Wildman–Crippen LogP) is 3.48. The van der Waals surface area contributed by atoms with Gasteiger partial charge in [0.05, 0.1) is 18.7 Å². The Bertz CT molecular complexity index is 767. The van der Waals surface area contributed by atoms with Gasteiger partial charge in [0.2, 0.25) is 0 Å². The number of halogens is 1. The molecule has 0 saturated heterocycles. The van der Waals surface area contributed by atoms with Crippen molar-refractivity contribution in [2.24, 2.45) is 0 Å². The second-order valence-corrected chi connectivity index (χ2v) is 4.76. The predicted molar refractivity (Wildman–Crippen MR) is 79.7 cm³/mol. The van der Waals surface area contributed by atoms with Gasteiger partial charge in [0, 0.05) is 11.8 Å². The number of benzene rings is 1. The molecule has 3 aromatic rings. The number of nitrogens with zero attached hydrogens (tertiary/aromatic N) is 3. The molecule has 0 unspecified atom stereocenters. The minimum absolute atomic E-state index is 0.326. The van der Waals surface area contributed by atoms with Crippen molar-refractivity contribution in [2.45, 2.75) is 12.8 Å². The number of aryl methyl sites for hydroxylation is 1. The van der Waals surface area contributed by atoms with E-state index in [9.17, 15) is 0 Å². The second-order valence-electron chi connectivity index (χ2n) is 4.49. The first-order valence-corrected chi connectivity index (χ1v) is 6.82. The van der Waals surface area contributed by atoms with Crippen molar-refractivity contribution in [3.63, 3.8) is 0 Å². The van der Waals surface area contributed by atoms with Crippen LogP contribution in [0.25, 0.3) is 16.9 Å². The molecule has 0 N–H and O–H groups in total. The van der Waals surface area contributed by atoms with Crippen LogP contribution in [0.5, 0.6) is 5.75 Å². The van der Waals surface area contributed by atoms with Gasteiger partial charge in [-0.3, -0.25) is 4.57 Å². The van der Waals surface area contributed by atoms with Gasteiger partial charge in [-0.25, -0.2) is 9.97 Å². The van der Waals surface area contributed by atoms with Crippen LogP contribution in [-0.2, 0) is 5.88 Å². The van der Waals surface area contributed by atoms with E-state index in [1.54, 1.807) is 7.11 Å². The van der Waals surface area contributed by atoms with Gasteiger partial charge in [0.25, 0.3) is 0 Å². The van der Waals surface area contributed by atoms with E-state index < -0.39 is 0 Å². The number of ether oxygens (including phenoxy) is 1. The molecular formula is C15H14ClN3O. The largest absolute Gasteiger partial charge is 0.497 e. The SMILES string of the molecule is COc1cccc(-n2c(CCl)nc3ccc(C)nc32)c1. The molecule has 2 aromatic heterocycles. The number of rotatable bonds is 3. The highest BCUT2D eigenvalue weighted by atomic mass is 35.5. The van der Waals surface area contributed by atoms with Crippen molar-refractivity contribution in [1.29, 1.82) is 0 Å². The van der Waals surface area contributed by atoms with Crippen molar-refractivity contribution < 1.29 is 4.74 Å². The van der Waals surface area contributed by atoms with Gasteiger partial charge in [-0.1, -0.05) is 6.07 Å². The van der Waals surface area contributed by atoms with Crippen LogP contribution in [-0.4, -0.2) is 21.6 Å². The second kappa shape index (κ2) is 5.13. The van der Waals surface area contributed by atoms with Gasteiger partial charge in [-0.2, -0.15) is 0 Å². The fourth-order valence-electron chi connectivity index (χ4n) is 2.21. The Balaban J connectivity index is 2.29. The molecule has 0 aliphatic carbocycles. The molecule has 0 saturated carbocycles. The van der Waals surface area contributed by atoms with E-state index in [1.807, 2.05) is 47.9 Å². The molecule has 0 atom stereocenters. The number of aromatic nitrogens is 3. The molecule has 0 aliphatic rings. The number of hydrogen-bond acceptors (Lipinski definition) is 3. The van der Waals surface area contributed by atoms with Crippen molar-refractivity contribution in [3.8, 4) is 11.4 Å². The van der Waals surface area contributed by atoms with Gasteiger partial charge in [-0.05, 0) is 31.2 Å². The minimum atomic E-state index is 0.326. The first-order valence-electron chi connectivity index (χ1n) is 6.28. The Morgan fingerprint density at radius 1 is 1.20 bits per heavy atom. The number of hydrogen-bond donors (Lipinski definition) is 0. The van der Waals surface area contributed by atoms with Crippen LogP contribution < -0.4 is 4.74 Å². The van der Waals surface area contributed by atoms with Crippen LogP contribution in [0.4, 0.5) is 0 Å². The highest BCUT2D eigenvalue weighted by Crippen LogP contribution is 2.24. The summed E-state index contributed by atoms with van der Waals surface area (Å²) in [6.45, 7) is 1.96. The Morgan fingerprint density at radius 2 is 2.05 bits per heavy atom. The maximum Gasteiger partial charge on any atom is 0.164 e. The minimum Gasteiger partial charge on any atom is -0.497 e. The summed E-state index contributed by atoms with van der Waals surface area (Å²) >= 11 is 6.02. The molecule has 0 fully saturated rings. The highest BCUT2D eigenvalue weighted by Gasteiger charge is 2.13. The maximum atomic E-state index is 6.02. The van der Waals surface area contributed by atoms with Gasteiger partial charge in [0.15, 0.2) is 5.65 Å². The third kappa shape index (κ3) is 2.12. The molecule has 1 aromatic carbocycles. The summed E-state index contributed by atoms with van der Waals surface area (Å²) in [5.74, 6) is 1.89. The lowest BCUT2D eigenvalue weighted by Gasteiger charge is -2.09. The summed E-state index contributed by atoms with van der Waals surface area (Å²) in [5, 5.41) is 0. The van der Waals surface area contributed by atoms with E-state index in [2.05, 4.69) is 9.97 Å². The van der Waals surface area contributed by atoms with Crippen LogP contribution in [0, 0.1) is 6.92 Å². The molecule has 20 heavy (non-hydrogen) atoms. The standard InChI is InChI=1S/C15H14ClN3O/c1-10-6-7-13-15(17-10)19(14(9-16)18-13)11-4-3-5-12(8-11)20-2/h3-8H,9H2,1-2H3. The monoisotopic (exact) mass is 287 g/mol. The topological polar surface area (TPSA) is 39.9 Å². The van der Waals surface area contributed by atoms with E-state index in [0.717, 1.165) is 34.1 Å². The fourth-order valence-corrected chi connectivity index (χ4v) is 2.39. The number of fused-ring (bicyclic) bond motifs is 1. The lowest BCUT2D eigenvalue weighted by Crippen LogP contribution is -2.01. The Kier molecular flexibility index (Phi) is 3.32. The molecule has 0 radical (unpaired) electrons. The van der Waals surface area contributed by atoms with Crippen molar-refractivity contribution >= 4 is 22.8 Å². The molecule has 3 rings (SSSR count). The summed E-state index contributed by atoms with van der Waals surface area (Å²) in [4.78, 5) is 9.11. The molecular weight excluding hydrogens is 274 g/mol. The Morgan fingerprint density at radius 3 is 2.80 bits per heavy atom. The quantitative estimate of drug-likeness (QED) is 0.693. The first-order chi connectivity index (χ1) is 9.72. The van der Waals surface area contributed by atoms with Gasteiger partial charge < -0.3 is 4.74 Å². The van der Waals surface area contributed by atoms with E-state index in [0.29, 0.717) is 5.88 Å². The van der Waals surface area contributed by atoms with E-state index >= 15 is 0 Å². The lowest BCUT2D eigenvalue weighted by molar-refractivity contribution is 0.414. The number of alkyl halides is 1. The van der Waals surface area contributed by atoms with Crippen molar-refractivity contribution in [1.82, 2.24) is 14.5 Å². The van der Waals surface area contributed by atoms with Crippen LogP contribution in [0.1, 0.15) is 11.5 Å². The molecule has 4 nitrogen and oxygen atoms in total. The summed E-state index contributed by atoms with van der Waals surface area (Å²) in [6.07, 6.45) is 0. The van der Waals surface area contributed by atoms with Gasteiger partial charge in [-0.15, -0.1) is 11.6 Å².